The molecule has 1 saturated heterocycles. The fourth-order valence-corrected chi connectivity index (χ4v) is 2.98. The fourth-order valence-electron chi connectivity index (χ4n) is 2.73. The van der Waals surface area contributed by atoms with Crippen molar-refractivity contribution < 1.29 is 13.9 Å². The van der Waals surface area contributed by atoms with E-state index in [1.165, 1.54) is 12.1 Å². The normalized spacial score (nSPS) is 20.1. The van der Waals surface area contributed by atoms with Crippen LogP contribution in [0.1, 0.15) is 23.7 Å². The first-order valence-corrected chi connectivity index (χ1v) is 8.51. The Morgan fingerprint density at radius 3 is 3.00 bits per heavy atom. The summed E-state index contributed by atoms with van der Waals surface area (Å²) in [5.41, 5.74) is 0.183. The molecule has 132 valence electrons. The summed E-state index contributed by atoms with van der Waals surface area (Å²) in [6.45, 7) is 3.94. The van der Waals surface area contributed by atoms with Crippen LogP contribution < -0.4 is 15.4 Å². The van der Waals surface area contributed by atoms with E-state index in [0.717, 1.165) is 25.6 Å². The summed E-state index contributed by atoms with van der Waals surface area (Å²) >= 11 is 5.91. The van der Waals surface area contributed by atoms with E-state index < -0.39 is 11.7 Å². The lowest BCUT2D eigenvalue weighted by Gasteiger charge is -2.29. The molecule has 1 aromatic carbocycles. The number of anilines is 1. The van der Waals surface area contributed by atoms with Gasteiger partial charge in [0.05, 0.1) is 10.6 Å². The average molecular weight is 364 g/mol. The van der Waals surface area contributed by atoms with E-state index in [1.54, 1.807) is 18.2 Å². The number of piperidine rings is 1. The van der Waals surface area contributed by atoms with Gasteiger partial charge in [-0.25, -0.2) is 4.39 Å². The van der Waals surface area contributed by atoms with Gasteiger partial charge in [-0.3, -0.25) is 4.79 Å². The standard InChI is InChI=1S/C18H19ClFN3O2/c1-11-10-21-8-7-15(11)25-17-4-2-3-16(22-17)23-18(24)13-6-5-12(20)9-14(13)19/h2-6,9,11,15,21H,7-8,10H2,1H3,(H,22,23,24)/t11-,15-/m0/s1. The molecule has 0 bridgehead atoms. The molecule has 25 heavy (non-hydrogen) atoms. The summed E-state index contributed by atoms with van der Waals surface area (Å²) in [7, 11) is 0. The Balaban J connectivity index is 1.69. The van der Waals surface area contributed by atoms with Crippen molar-refractivity contribution in [2.75, 3.05) is 18.4 Å². The lowest BCUT2D eigenvalue weighted by atomic mass is 9.98. The Hall–Kier alpha value is -2.18. The van der Waals surface area contributed by atoms with Crippen LogP contribution in [0, 0.1) is 11.7 Å². The van der Waals surface area contributed by atoms with Crippen LogP contribution in [0.3, 0.4) is 0 Å². The van der Waals surface area contributed by atoms with Gasteiger partial charge < -0.3 is 15.4 Å². The van der Waals surface area contributed by atoms with Crippen molar-refractivity contribution in [2.45, 2.75) is 19.4 Å². The lowest BCUT2D eigenvalue weighted by molar-refractivity contribution is 0.102. The summed E-state index contributed by atoms with van der Waals surface area (Å²) in [5, 5.41) is 6.03. The third-order valence-electron chi connectivity index (χ3n) is 4.12. The predicted molar refractivity (Wildman–Crippen MR) is 94.7 cm³/mol. The molecule has 7 heteroatoms. The molecule has 2 N–H and O–H groups in total. The van der Waals surface area contributed by atoms with E-state index in [-0.39, 0.29) is 16.7 Å². The van der Waals surface area contributed by atoms with Gasteiger partial charge in [0.15, 0.2) is 0 Å². The molecule has 5 nitrogen and oxygen atoms in total. The summed E-state index contributed by atoms with van der Waals surface area (Å²) in [5.74, 6) is 0.245. The van der Waals surface area contributed by atoms with Gasteiger partial charge in [-0.05, 0) is 37.2 Å². The van der Waals surface area contributed by atoms with Crippen LogP contribution in [0.2, 0.25) is 5.02 Å². The van der Waals surface area contributed by atoms with Gasteiger partial charge >= 0.3 is 0 Å². The van der Waals surface area contributed by atoms with Gasteiger partial charge in [0.25, 0.3) is 5.91 Å². The number of amides is 1. The van der Waals surface area contributed by atoms with E-state index in [0.29, 0.717) is 17.6 Å². The Morgan fingerprint density at radius 1 is 1.40 bits per heavy atom. The topological polar surface area (TPSA) is 63.2 Å². The second-order valence-electron chi connectivity index (χ2n) is 6.07. The van der Waals surface area contributed by atoms with Crippen LogP contribution in [0.15, 0.2) is 36.4 Å². The van der Waals surface area contributed by atoms with Crippen LogP contribution in [0.4, 0.5) is 10.2 Å². The Bertz CT molecular complexity index is 772. The minimum absolute atomic E-state index is 0.0495. The van der Waals surface area contributed by atoms with Crippen molar-refractivity contribution in [2.24, 2.45) is 5.92 Å². The van der Waals surface area contributed by atoms with Gasteiger partial charge in [-0.1, -0.05) is 24.6 Å². The van der Waals surface area contributed by atoms with Crippen molar-refractivity contribution in [3.63, 3.8) is 0 Å². The highest BCUT2D eigenvalue weighted by Gasteiger charge is 2.23. The highest BCUT2D eigenvalue weighted by atomic mass is 35.5. The highest BCUT2D eigenvalue weighted by molar-refractivity contribution is 6.34. The summed E-state index contributed by atoms with van der Waals surface area (Å²) in [6.07, 6.45) is 0.996. The maximum absolute atomic E-state index is 13.1. The monoisotopic (exact) mass is 363 g/mol. The number of nitrogens with one attached hydrogen (secondary N) is 2. The first kappa shape index (κ1) is 17.6. The number of aromatic nitrogens is 1. The molecule has 1 fully saturated rings. The largest absolute Gasteiger partial charge is 0.474 e. The zero-order valence-electron chi connectivity index (χ0n) is 13.8. The molecular weight excluding hydrogens is 345 g/mol. The maximum atomic E-state index is 13.1. The third kappa shape index (κ3) is 4.46. The highest BCUT2D eigenvalue weighted by Crippen LogP contribution is 2.21. The number of rotatable bonds is 4. The number of pyridine rings is 1. The van der Waals surface area contributed by atoms with Crippen molar-refractivity contribution in [3.8, 4) is 5.88 Å². The number of ether oxygens (including phenoxy) is 1. The first-order valence-electron chi connectivity index (χ1n) is 8.14. The first-order chi connectivity index (χ1) is 12.0. The van der Waals surface area contributed by atoms with Crippen LogP contribution >= 0.6 is 11.6 Å². The van der Waals surface area contributed by atoms with Crippen LogP contribution in [0.5, 0.6) is 5.88 Å². The smallest absolute Gasteiger partial charge is 0.258 e. The molecule has 1 aliphatic heterocycles. The predicted octanol–water partition coefficient (Wildman–Crippen LogP) is 3.50. The molecule has 2 heterocycles. The molecule has 1 aromatic heterocycles. The number of halogens is 2. The Kier molecular flexibility index (Phi) is 5.50. The minimum atomic E-state index is -0.494. The summed E-state index contributed by atoms with van der Waals surface area (Å²) in [4.78, 5) is 16.6. The number of carbonyl (C=O) groups is 1. The van der Waals surface area contributed by atoms with E-state index >= 15 is 0 Å². The number of nitrogens with zero attached hydrogens (tertiary/aromatic N) is 1. The Morgan fingerprint density at radius 2 is 2.24 bits per heavy atom. The number of hydrogen-bond acceptors (Lipinski definition) is 4. The van der Waals surface area contributed by atoms with E-state index in [4.69, 9.17) is 16.3 Å². The molecule has 0 spiro atoms. The van der Waals surface area contributed by atoms with Gasteiger partial charge in [-0.2, -0.15) is 4.98 Å². The lowest BCUT2D eigenvalue weighted by Crippen LogP contribution is -2.41. The zero-order chi connectivity index (χ0) is 17.8. The van der Waals surface area contributed by atoms with Crippen molar-refractivity contribution in [1.29, 1.82) is 0 Å². The van der Waals surface area contributed by atoms with Gasteiger partial charge in [0.1, 0.15) is 17.7 Å². The molecular formula is C18H19ClFN3O2. The minimum Gasteiger partial charge on any atom is -0.474 e. The second kappa shape index (κ2) is 7.80. The second-order valence-corrected chi connectivity index (χ2v) is 6.47. The number of carbonyl (C=O) groups excluding carboxylic acids is 1. The maximum Gasteiger partial charge on any atom is 0.258 e. The van der Waals surface area contributed by atoms with Crippen molar-refractivity contribution in [1.82, 2.24) is 10.3 Å². The molecule has 0 unspecified atom stereocenters. The number of benzene rings is 1. The molecule has 0 aliphatic carbocycles. The van der Waals surface area contributed by atoms with Gasteiger partial charge in [-0.15, -0.1) is 0 Å². The molecule has 2 atom stereocenters. The quantitative estimate of drug-likeness (QED) is 0.872. The molecule has 1 amide bonds. The van der Waals surface area contributed by atoms with E-state index in [9.17, 15) is 9.18 Å². The molecule has 1 aliphatic rings. The molecule has 3 rings (SSSR count). The fraction of sp³-hybridized carbons (Fsp3) is 0.333. The van der Waals surface area contributed by atoms with Crippen LogP contribution in [-0.2, 0) is 0 Å². The Labute approximate surface area is 150 Å². The zero-order valence-corrected chi connectivity index (χ0v) is 14.5. The van der Waals surface area contributed by atoms with E-state index in [1.807, 2.05) is 0 Å². The summed E-state index contributed by atoms with van der Waals surface area (Å²) in [6, 6.07) is 8.80. The van der Waals surface area contributed by atoms with Crippen molar-refractivity contribution >= 4 is 23.3 Å². The third-order valence-corrected chi connectivity index (χ3v) is 4.43. The van der Waals surface area contributed by atoms with E-state index in [2.05, 4.69) is 22.5 Å². The molecule has 2 aromatic rings. The number of hydrogen-bond donors (Lipinski definition) is 2. The van der Waals surface area contributed by atoms with Crippen LogP contribution in [0.25, 0.3) is 0 Å². The van der Waals surface area contributed by atoms with Crippen LogP contribution in [-0.4, -0.2) is 30.1 Å². The van der Waals surface area contributed by atoms with Gasteiger partial charge in [0.2, 0.25) is 5.88 Å². The molecule has 0 radical (unpaired) electrons. The van der Waals surface area contributed by atoms with Crippen molar-refractivity contribution in [3.05, 3.63) is 52.8 Å². The van der Waals surface area contributed by atoms with Gasteiger partial charge in [0, 0.05) is 18.5 Å². The average Bonchev–Trinajstić information content (AvgIpc) is 2.57. The SMILES string of the molecule is C[C@H]1CNCC[C@@H]1Oc1cccc(NC(=O)c2ccc(F)cc2Cl)n1. The summed E-state index contributed by atoms with van der Waals surface area (Å²) < 4.78 is 19.1. The molecule has 0 saturated carbocycles.